The lowest BCUT2D eigenvalue weighted by atomic mass is 10.00. The molecule has 3 aromatic heterocycles. The van der Waals surface area contributed by atoms with E-state index >= 15 is 0 Å². The SMILES string of the molecule is CC(C)(Nc1ncc(-c2cn[nH]c2CC(=O)O)cn1)c1ncccc1Cl. The predicted molar refractivity (Wildman–Crippen MR) is 96.8 cm³/mol. The predicted octanol–water partition coefficient (Wildman–Crippen LogP) is 2.89. The fourth-order valence-electron chi connectivity index (χ4n) is 2.56. The second-order valence-corrected chi connectivity index (χ2v) is 6.62. The first-order valence-electron chi connectivity index (χ1n) is 7.82. The number of nitrogens with one attached hydrogen (secondary N) is 2. The minimum atomic E-state index is -0.941. The van der Waals surface area contributed by atoms with Gasteiger partial charge in [0.1, 0.15) is 0 Å². The van der Waals surface area contributed by atoms with E-state index in [0.29, 0.717) is 33.5 Å². The Morgan fingerprint density at radius 2 is 2.00 bits per heavy atom. The molecule has 26 heavy (non-hydrogen) atoms. The van der Waals surface area contributed by atoms with Crippen molar-refractivity contribution in [3.8, 4) is 11.1 Å². The Morgan fingerprint density at radius 3 is 2.65 bits per heavy atom. The highest BCUT2D eigenvalue weighted by Gasteiger charge is 2.25. The number of H-pyrrole nitrogens is 1. The summed E-state index contributed by atoms with van der Waals surface area (Å²) in [5, 5.41) is 19.3. The number of halogens is 1. The first-order valence-corrected chi connectivity index (χ1v) is 8.20. The molecule has 0 radical (unpaired) electrons. The zero-order valence-electron chi connectivity index (χ0n) is 14.2. The summed E-state index contributed by atoms with van der Waals surface area (Å²) in [5.74, 6) is -0.535. The zero-order chi connectivity index (χ0) is 18.7. The van der Waals surface area contributed by atoms with Crippen molar-refractivity contribution in [1.82, 2.24) is 25.1 Å². The van der Waals surface area contributed by atoms with E-state index in [2.05, 4.69) is 30.5 Å². The van der Waals surface area contributed by atoms with Gasteiger partial charge in [0.25, 0.3) is 0 Å². The number of pyridine rings is 1. The largest absolute Gasteiger partial charge is 0.481 e. The fraction of sp³-hybridized carbons (Fsp3) is 0.235. The number of hydrogen-bond acceptors (Lipinski definition) is 6. The van der Waals surface area contributed by atoms with Gasteiger partial charge in [-0.1, -0.05) is 11.6 Å². The molecule has 0 amide bonds. The second kappa shape index (κ2) is 7.09. The topological polar surface area (TPSA) is 117 Å². The highest BCUT2D eigenvalue weighted by atomic mass is 35.5. The van der Waals surface area contributed by atoms with Gasteiger partial charge < -0.3 is 10.4 Å². The number of nitrogens with zero attached hydrogens (tertiary/aromatic N) is 4. The van der Waals surface area contributed by atoms with E-state index in [4.69, 9.17) is 16.7 Å². The van der Waals surface area contributed by atoms with Crippen LogP contribution in [0.1, 0.15) is 25.2 Å². The van der Waals surface area contributed by atoms with Crippen LogP contribution in [0.5, 0.6) is 0 Å². The maximum Gasteiger partial charge on any atom is 0.309 e. The third kappa shape index (κ3) is 3.80. The minimum Gasteiger partial charge on any atom is -0.481 e. The number of anilines is 1. The standard InChI is InChI=1S/C17H17ClN6O2/c1-17(2,15-12(18)4-3-5-19-15)23-16-20-7-10(8-21-16)11-9-22-24-13(11)6-14(25)26/h3-5,7-9H,6H2,1-2H3,(H,22,24)(H,25,26)(H,20,21,23). The summed E-state index contributed by atoms with van der Waals surface area (Å²) in [6.07, 6.45) is 6.31. The molecule has 0 aliphatic carbocycles. The van der Waals surface area contributed by atoms with E-state index in [9.17, 15) is 4.79 Å². The van der Waals surface area contributed by atoms with Crippen LogP contribution in [0.25, 0.3) is 11.1 Å². The van der Waals surface area contributed by atoms with Crippen LogP contribution in [0.3, 0.4) is 0 Å². The van der Waals surface area contributed by atoms with Crippen LogP contribution in [0.2, 0.25) is 5.02 Å². The number of carbonyl (C=O) groups is 1. The molecule has 0 aliphatic heterocycles. The molecule has 0 bridgehead atoms. The summed E-state index contributed by atoms with van der Waals surface area (Å²) in [4.78, 5) is 23.9. The fourth-order valence-corrected chi connectivity index (χ4v) is 2.92. The third-order valence-corrected chi connectivity index (χ3v) is 4.09. The lowest BCUT2D eigenvalue weighted by molar-refractivity contribution is -0.136. The molecule has 8 nitrogen and oxygen atoms in total. The van der Waals surface area contributed by atoms with E-state index in [0.717, 1.165) is 0 Å². The molecular formula is C17H17ClN6O2. The maximum absolute atomic E-state index is 10.9. The van der Waals surface area contributed by atoms with Gasteiger partial charge in [-0.2, -0.15) is 5.10 Å². The molecule has 0 saturated carbocycles. The average Bonchev–Trinajstić information content (AvgIpc) is 3.03. The minimum absolute atomic E-state index is 0.152. The normalized spacial score (nSPS) is 11.3. The summed E-state index contributed by atoms with van der Waals surface area (Å²) in [6, 6.07) is 3.55. The molecule has 3 rings (SSSR count). The Balaban J connectivity index is 1.81. The van der Waals surface area contributed by atoms with Gasteiger partial charge in [-0.25, -0.2) is 9.97 Å². The van der Waals surface area contributed by atoms with Gasteiger partial charge in [0.15, 0.2) is 0 Å². The number of aromatic nitrogens is 5. The van der Waals surface area contributed by atoms with Gasteiger partial charge in [-0.05, 0) is 26.0 Å². The number of aromatic amines is 1. The van der Waals surface area contributed by atoms with Crippen LogP contribution >= 0.6 is 11.6 Å². The molecule has 0 spiro atoms. The summed E-state index contributed by atoms with van der Waals surface area (Å²) in [5.41, 5.74) is 1.94. The van der Waals surface area contributed by atoms with Gasteiger partial charge in [-0.15, -0.1) is 0 Å². The molecular weight excluding hydrogens is 356 g/mol. The van der Waals surface area contributed by atoms with E-state index in [1.807, 2.05) is 13.8 Å². The molecule has 3 aromatic rings. The van der Waals surface area contributed by atoms with Crippen molar-refractivity contribution in [3.63, 3.8) is 0 Å². The van der Waals surface area contributed by atoms with Gasteiger partial charge in [0.05, 0.1) is 34.6 Å². The van der Waals surface area contributed by atoms with Crippen molar-refractivity contribution >= 4 is 23.5 Å². The smallest absolute Gasteiger partial charge is 0.309 e. The number of carboxylic acids is 1. The Labute approximate surface area is 154 Å². The Hall–Kier alpha value is -3.00. The van der Waals surface area contributed by atoms with Crippen LogP contribution in [0.15, 0.2) is 36.9 Å². The second-order valence-electron chi connectivity index (χ2n) is 6.21. The molecule has 0 fully saturated rings. The van der Waals surface area contributed by atoms with Gasteiger partial charge in [0.2, 0.25) is 5.95 Å². The van der Waals surface area contributed by atoms with E-state index < -0.39 is 11.5 Å². The van der Waals surface area contributed by atoms with E-state index in [1.54, 1.807) is 36.9 Å². The number of hydrogen-bond donors (Lipinski definition) is 3. The lowest BCUT2D eigenvalue weighted by Crippen LogP contribution is -2.30. The first kappa shape index (κ1) is 17.8. The van der Waals surface area contributed by atoms with Gasteiger partial charge in [-0.3, -0.25) is 14.9 Å². The van der Waals surface area contributed by atoms with Gasteiger partial charge in [0, 0.05) is 29.7 Å². The van der Waals surface area contributed by atoms with Crippen molar-refractivity contribution in [2.45, 2.75) is 25.8 Å². The Bertz CT molecular complexity index is 923. The summed E-state index contributed by atoms with van der Waals surface area (Å²) in [7, 11) is 0. The average molecular weight is 373 g/mol. The van der Waals surface area contributed by atoms with E-state index in [1.165, 1.54) is 0 Å². The molecule has 0 unspecified atom stereocenters. The molecule has 0 saturated heterocycles. The summed E-state index contributed by atoms with van der Waals surface area (Å²) < 4.78 is 0. The Kier molecular flexibility index (Phi) is 4.85. The number of rotatable bonds is 6. The van der Waals surface area contributed by atoms with Crippen LogP contribution < -0.4 is 5.32 Å². The van der Waals surface area contributed by atoms with Crippen molar-refractivity contribution in [1.29, 1.82) is 0 Å². The lowest BCUT2D eigenvalue weighted by Gasteiger charge is -2.26. The molecule has 0 aromatic carbocycles. The third-order valence-electron chi connectivity index (χ3n) is 3.78. The monoisotopic (exact) mass is 372 g/mol. The maximum atomic E-state index is 10.9. The highest BCUT2D eigenvalue weighted by Crippen LogP contribution is 2.28. The first-order chi connectivity index (χ1) is 12.4. The Morgan fingerprint density at radius 1 is 1.27 bits per heavy atom. The summed E-state index contributed by atoms with van der Waals surface area (Å²) >= 11 is 6.23. The van der Waals surface area contributed by atoms with Crippen molar-refractivity contribution < 1.29 is 9.90 Å². The molecule has 3 N–H and O–H groups in total. The number of carboxylic acid groups (broad SMARTS) is 1. The van der Waals surface area contributed by atoms with Crippen molar-refractivity contribution in [2.24, 2.45) is 0 Å². The van der Waals surface area contributed by atoms with Crippen LogP contribution in [-0.4, -0.2) is 36.2 Å². The zero-order valence-corrected chi connectivity index (χ0v) is 14.9. The highest BCUT2D eigenvalue weighted by molar-refractivity contribution is 6.31. The molecule has 3 heterocycles. The molecule has 0 aliphatic rings. The van der Waals surface area contributed by atoms with E-state index in [-0.39, 0.29) is 6.42 Å². The van der Waals surface area contributed by atoms with Crippen LogP contribution in [0, 0.1) is 0 Å². The van der Waals surface area contributed by atoms with Gasteiger partial charge >= 0.3 is 5.97 Å². The van der Waals surface area contributed by atoms with Crippen molar-refractivity contribution in [3.05, 3.63) is 53.3 Å². The molecule has 9 heteroatoms. The van der Waals surface area contributed by atoms with Crippen molar-refractivity contribution in [2.75, 3.05) is 5.32 Å². The molecule has 134 valence electrons. The molecule has 0 atom stereocenters. The summed E-state index contributed by atoms with van der Waals surface area (Å²) in [6.45, 7) is 3.86. The van der Waals surface area contributed by atoms with Crippen LogP contribution in [-0.2, 0) is 16.8 Å². The quantitative estimate of drug-likeness (QED) is 0.609. The van der Waals surface area contributed by atoms with Crippen LogP contribution in [0.4, 0.5) is 5.95 Å². The number of aliphatic carboxylic acids is 1.